The molecule has 1 unspecified atom stereocenters. The molecular formula is C26H44O9. The molecule has 0 aliphatic rings. The lowest BCUT2D eigenvalue weighted by Crippen LogP contribution is -2.15. The van der Waals surface area contributed by atoms with E-state index < -0.39 is 0 Å². The van der Waals surface area contributed by atoms with Crippen molar-refractivity contribution in [3.05, 3.63) is 35.9 Å². The lowest BCUT2D eigenvalue weighted by atomic mass is 10.1. The number of benzene rings is 1. The fraction of sp³-hybridized carbons (Fsp3) is 0.731. The zero-order valence-corrected chi connectivity index (χ0v) is 21.5. The fourth-order valence-electron chi connectivity index (χ4n) is 2.57. The third-order valence-electron chi connectivity index (χ3n) is 4.80. The maximum Gasteiger partial charge on any atom is 0.338 e. The van der Waals surface area contributed by atoms with Crippen LogP contribution >= 0.6 is 0 Å². The zero-order chi connectivity index (χ0) is 25.2. The summed E-state index contributed by atoms with van der Waals surface area (Å²) in [5.74, 6) is 0.248. The Morgan fingerprint density at radius 1 is 0.600 bits per heavy atom. The van der Waals surface area contributed by atoms with Gasteiger partial charge in [-0.15, -0.1) is 0 Å². The molecule has 0 N–H and O–H groups in total. The van der Waals surface area contributed by atoms with Crippen LogP contribution in [0.25, 0.3) is 0 Å². The fourth-order valence-corrected chi connectivity index (χ4v) is 2.57. The standard InChI is InChI=1S/C26H44O9/c1-3-24(2)23-34-20-19-32-16-15-30-12-11-28-9-10-29-13-14-31-17-18-33-21-22-35-26(27)25-7-5-4-6-8-25/h4-8,24H,3,9-23H2,1-2H3. The van der Waals surface area contributed by atoms with E-state index in [4.69, 9.17) is 37.9 Å². The molecule has 1 atom stereocenters. The summed E-state index contributed by atoms with van der Waals surface area (Å²) >= 11 is 0. The van der Waals surface area contributed by atoms with Gasteiger partial charge in [0.2, 0.25) is 0 Å². The van der Waals surface area contributed by atoms with Gasteiger partial charge >= 0.3 is 5.97 Å². The molecule has 9 nitrogen and oxygen atoms in total. The molecule has 35 heavy (non-hydrogen) atoms. The Hall–Kier alpha value is -1.59. The van der Waals surface area contributed by atoms with E-state index in [1.54, 1.807) is 24.3 Å². The van der Waals surface area contributed by atoms with Crippen LogP contribution in [0.1, 0.15) is 30.6 Å². The lowest BCUT2D eigenvalue weighted by molar-refractivity contribution is -0.0230. The normalized spacial score (nSPS) is 12.1. The first-order chi connectivity index (χ1) is 17.2. The zero-order valence-electron chi connectivity index (χ0n) is 21.5. The Kier molecular flexibility index (Phi) is 21.7. The van der Waals surface area contributed by atoms with E-state index in [2.05, 4.69) is 13.8 Å². The minimum Gasteiger partial charge on any atom is -0.460 e. The van der Waals surface area contributed by atoms with Crippen LogP contribution in [0.4, 0.5) is 0 Å². The Morgan fingerprint density at radius 3 is 1.37 bits per heavy atom. The molecule has 0 aliphatic heterocycles. The van der Waals surface area contributed by atoms with E-state index >= 15 is 0 Å². The minimum atomic E-state index is -0.349. The van der Waals surface area contributed by atoms with Crippen molar-refractivity contribution in [2.45, 2.75) is 20.3 Å². The van der Waals surface area contributed by atoms with Gasteiger partial charge in [0.1, 0.15) is 6.61 Å². The highest BCUT2D eigenvalue weighted by Crippen LogP contribution is 2.01. The summed E-state index contributed by atoms with van der Waals surface area (Å²) in [7, 11) is 0. The summed E-state index contributed by atoms with van der Waals surface area (Å²) < 4.78 is 43.2. The largest absolute Gasteiger partial charge is 0.460 e. The number of ether oxygens (including phenoxy) is 8. The first-order valence-electron chi connectivity index (χ1n) is 12.5. The van der Waals surface area contributed by atoms with Gasteiger partial charge in [-0.3, -0.25) is 0 Å². The number of hydrogen-bond acceptors (Lipinski definition) is 9. The van der Waals surface area contributed by atoms with E-state index in [9.17, 15) is 4.79 Å². The van der Waals surface area contributed by atoms with Crippen molar-refractivity contribution >= 4 is 5.97 Å². The summed E-state index contributed by atoms with van der Waals surface area (Å²) in [5.41, 5.74) is 0.532. The molecule has 0 aliphatic carbocycles. The van der Waals surface area contributed by atoms with Crippen LogP contribution in [0.3, 0.4) is 0 Å². The molecule has 0 aromatic heterocycles. The second-order valence-electron chi connectivity index (χ2n) is 7.76. The Labute approximate surface area is 210 Å². The summed E-state index contributed by atoms with van der Waals surface area (Å²) in [4.78, 5) is 11.7. The SMILES string of the molecule is CCC(C)COCCOCCOCCOCCOCCOCCOCCOC(=O)c1ccccc1. The lowest BCUT2D eigenvalue weighted by Gasteiger charge is -2.10. The number of rotatable bonds is 25. The van der Waals surface area contributed by atoms with Crippen molar-refractivity contribution < 1.29 is 42.7 Å². The van der Waals surface area contributed by atoms with E-state index in [0.717, 1.165) is 13.0 Å². The number of carbonyl (C=O) groups is 1. The molecule has 0 bridgehead atoms. The molecule has 1 aromatic rings. The highest BCUT2D eigenvalue weighted by atomic mass is 16.6. The average Bonchev–Trinajstić information content (AvgIpc) is 2.89. The van der Waals surface area contributed by atoms with E-state index in [1.165, 1.54) is 0 Å². The van der Waals surface area contributed by atoms with Crippen LogP contribution in [-0.2, 0) is 37.9 Å². The van der Waals surface area contributed by atoms with Gasteiger partial charge in [0.05, 0.1) is 91.5 Å². The topological polar surface area (TPSA) is 90.9 Å². The molecule has 1 rings (SSSR count). The maximum atomic E-state index is 11.7. The second kappa shape index (κ2) is 24.1. The summed E-state index contributed by atoms with van der Waals surface area (Å²) in [6.45, 7) is 11.9. The summed E-state index contributed by atoms with van der Waals surface area (Å²) in [6.07, 6.45) is 1.13. The first-order valence-corrected chi connectivity index (χ1v) is 12.5. The summed E-state index contributed by atoms with van der Waals surface area (Å²) in [5, 5.41) is 0. The molecule has 202 valence electrons. The van der Waals surface area contributed by atoms with Crippen LogP contribution in [-0.4, -0.2) is 105 Å². The van der Waals surface area contributed by atoms with Gasteiger partial charge in [0, 0.05) is 6.61 Å². The first kappa shape index (κ1) is 31.4. The van der Waals surface area contributed by atoms with Crippen LogP contribution in [0, 0.1) is 5.92 Å². The van der Waals surface area contributed by atoms with Gasteiger partial charge < -0.3 is 37.9 Å². The molecule has 0 saturated heterocycles. The van der Waals surface area contributed by atoms with Crippen molar-refractivity contribution in [1.29, 1.82) is 0 Å². The van der Waals surface area contributed by atoms with Crippen LogP contribution < -0.4 is 0 Å². The smallest absolute Gasteiger partial charge is 0.338 e. The van der Waals surface area contributed by atoms with E-state index in [1.807, 2.05) is 6.07 Å². The van der Waals surface area contributed by atoms with Crippen LogP contribution in [0.5, 0.6) is 0 Å². The van der Waals surface area contributed by atoms with Crippen molar-refractivity contribution in [1.82, 2.24) is 0 Å². The van der Waals surface area contributed by atoms with Crippen molar-refractivity contribution in [3.8, 4) is 0 Å². The van der Waals surface area contributed by atoms with Crippen molar-refractivity contribution in [2.24, 2.45) is 5.92 Å². The van der Waals surface area contributed by atoms with E-state index in [0.29, 0.717) is 97.4 Å². The average molecular weight is 501 g/mol. The van der Waals surface area contributed by atoms with E-state index in [-0.39, 0.29) is 12.6 Å². The van der Waals surface area contributed by atoms with Crippen molar-refractivity contribution in [2.75, 3.05) is 99.1 Å². The highest BCUT2D eigenvalue weighted by Gasteiger charge is 2.05. The quantitative estimate of drug-likeness (QED) is 0.148. The Balaban J connectivity index is 1.69. The van der Waals surface area contributed by atoms with Crippen LogP contribution in [0.2, 0.25) is 0 Å². The molecule has 0 heterocycles. The third-order valence-corrected chi connectivity index (χ3v) is 4.80. The van der Waals surface area contributed by atoms with Gasteiger partial charge in [-0.25, -0.2) is 4.79 Å². The molecule has 1 aromatic carbocycles. The monoisotopic (exact) mass is 500 g/mol. The van der Waals surface area contributed by atoms with Crippen molar-refractivity contribution in [3.63, 3.8) is 0 Å². The highest BCUT2D eigenvalue weighted by molar-refractivity contribution is 5.89. The molecule has 0 radical (unpaired) electrons. The van der Waals surface area contributed by atoms with Crippen LogP contribution in [0.15, 0.2) is 30.3 Å². The molecule has 9 heteroatoms. The number of esters is 1. The van der Waals surface area contributed by atoms with Gasteiger partial charge in [-0.2, -0.15) is 0 Å². The predicted octanol–water partition coefficient (Wildman–Crippen LogP) is 3.01. The second-order valence-corrected chi connectivity index (χ2v) is 7.76. The minimum absolute atomic E-state index is 0.212. The number of carbonyl (C=O) groups excluding carboxylic acids is 1. The molecular weight excluding hydrogens is 456 g/mol. The van der Waals surface area contributed by atoms with Gasteiger partial charge in [0.15, 0.2) is 0 Å². The molecule has 0 saturated carbocycles. The Morgan fingerprint density at radius 2 is 0.971 bits per heavy atom. The van der Waals surface area contributed by atoms with Gasteiger partial charge in [0.25, 0.3) is 0 Å². The maximum absolute atomic E-state index is 11.7. The Bertz CT molecular complexity index is 585. The summed E-state index contributed by atoms with van der Waals surface area (Å²) in [6, 6.07) is 8.87. The molecule has 0 spiro atoms. The molecule has 0 amide bonds. The molecule has 0 fully saturated rings. The van der Waals surface area contributed by atoms with Gasteiger partial charge in [-0.1, -0.05) is 38.5 Å². The van der Waals surface area contributed by atoms with Gasteiger partial charge in [-0.05, 0) is 18.1 Å². The predicted molar refractivity (Wildman–Crippen MR) is 132 cm³/mol. The third kappa shape index (κ3) is 20.3. The number of hydrogen-bond donors (Lipinski definition) is 0.